The molecule has 1 N–H and O–H groups in total. The molecule has 0 saturated heterocycles. The molecule has 3 aromatic carbocycles. The van der Waals surface area contributed by atoms with Crippen molar-refractivity contribution in [2.75, 3.05) is 7.11 Å². The van der Waals surface area contributed by atoms with Crippen molar-refractivity contribution < 1.29 is 23.1 Å². The van der Waals surface area contributed by atoms with Crippen molar-refractivity contribution in [2.45, 2.75) is 44.2 Å². The fourth-order valence-electron chi connectivity index (χ4n) is 4.27. The molecule has 1 aliphatic heterocycles. The lowest BCUT2D eigenvalue weighted by atomic mass is 9.98. The van der Waals surface area contributed by atoms with E-state index >= 15 is 0 Å². The van der Waals surface area contributed by atoms with Crippen LogP contribution in [-0.2, 0) is 21.2 Å². The Bertz CT molecular complexity index is 1370. The molecule has 0 spiro atoms. The van der Waals surface area contributed by atoms with E-state index in [1.54, 1.807) is 37.4 Å². The van der Waals surface area contributed by atoms with Crippen LogP contribution in [0, 0.1) is 6.92 Å². The standard InChI is InChI=1S/C28H29NO5S/c1-18(2)21-10-12-22(13-11-21)25-27(35(32,33)24-14-8-19(3)9-15-24)26(30)28(31)29(25)17-20-6-5-7-23(16-20)34-4/h5-16,18,25,30H,17H2,1-4H3/t25-/m1/s1. The third-order valence-electron chi connectivity index (χ3n) is 6.28. The van der Waals surface area contributed by atoms with Gasteiger partial charge in [-0.3, -0.25) is 4.79 Å². The van der Waals surface area contributed by atoms with Crippen molar-refractivity contribution in [1.82, 2.24) is 4.90 Å². The molecule has 0 unspecified atom stereocenters. The van der Waals surface area contributed by atoms with Crippen LogP contribution in [0.3, 0.4) is 0 Å². The number of aliphatic hydroxyl groups is 1. The monoisotopic (exact) mass is 491 g/mol. The predicted molar refractivity (Wildman–Crippen MR) is 135 cm³/mol. The number of rotatable bonds is 7. The minimum atomic E-state index is -4.16. The van der Waals surface area contributed by atoms with E-state index in [9.17, 15) is 18.3 Å². The molecule has 1 atom stereocenters. The molecule has 0 aliphatic carbocycles. The van der Waals surface area contributed by atoms with Crippen LogP contribution in [0.25, 0.3) is 0 Å². The Morgan fingerprint density at radius 2 is 1.66 bits per heavy atom. The summed E-state index contributed by atoms with van der Waals surface area (Å²) in [4.78, 5) is 14.4. The summed E-state index contributed by atoms with van der Waals surface area (Å²) in [7, 11) is -2.60. The van der Waals surface area contributed by atoms with Crippen LogP contribution in [0.1, 0.15) is 48.1 Å². The zero-order valence-corrected chi connectivity index (χ0v) is 21.0. The fraction of sp³-hybridized carbons (Fsp3) is 0.250. The van der Waals surface area contributed by atoms with Crippen molar-refractivity contribution >= 4 is 15.7 Å². The molecular weight excluding hydrogens is 462 g/mol. The largest absolute Gasteiger partial charge is 0.502 e. The first-order valence-electron chi connectivity index (χ1n) is 11.4. The minimum absolute atomic E-state index is 0.0319. The number of hydrogen-bond acceptors (Lipinski definition) is 5. The molecule has 4 rings (SSSR count). The van der Waals surface area contributed by atoms with Gasteiger partial charge in [0.25, 0.3) is 5.91 Å². The topological polar surface area (TPSA) is 83.9 Å². The number of aryl methyl sites for hydroxylation is 1. The number of nitrogens with zero attached hydrogens (tertiary/aromatic N) is 1. The molecule has 1 amide bonds. The van der Waals surface area contributed by atoms with E-state index in [0.29, 0.717) is 17.2 Å². The highest BCUT2D eigenvalue weighted by molar-refractivity contribution is 7.95. The number of ether oxygens (including phenoxy) is 1. The van der Waals surface area contributed by atoms with Crippen LogP contribution in [0.2, 0.25) is 0 Å². The quantitative estimate of drug-likeness (QED) is 0.475. The van der Waals surface area contributed by atoms with Crippen LogP contribution >= 0.6 is 0 Å². The van der Waals surface area contributed by atoms with E-state index in [1.165, 1.54) is 17.0 Å². The molecule has 0 radical (unpaired) electrons. The van der Waals surface area contributed by atoms with Gasteiger partial charge in [0.1, 0.15) is 10.7 Å². The van der Waals surface area contributed by atoms with Gasteiger partial charge in [0.2, 0.25) is 9.84 Å². The maximum absolute atomic E-state index is 13.7. The Labute approximate surface area is 206 Å². The van der Waals surface area contributed by atoms with Gasteiger partial charge in [-0.15, -0.1) is 0 Å². The average Bonchev–Trinajstić information content (AvgIpc) is 3.10. The fourth-order valence-corrected chi connectivity index (χ4v) is 5.92. The third kappa shape index (κ3) is 4.68. The highest BCUT2D eigenvalue weighted by atomic mass is 32.2. The molecule has 0 saturated carbocycles. The molecule has 7 heteroatoms. The number of aliphatic hydroxyl groups excluding tert-OH is 1. The number of sulfone groups is 1. The lowest BCUT2D eigenvalue weighted by Gasteiger charge is -2.27. The maximum atomic E-state index is 13.7. The molecule has 182 valence electrons. The van der Waals surface area contributed by atoms with E-state index < -0.39 is 27.5 Å². The Hall–Kier alpha value is -3.58. The molecule has 3 aromatic rings. The van der Waals surface area contributed by atoms with Gasteiger partial charge in [-0.25, -0.2) is 8.42 Å². The van der Waals surface area contributed by atoms with E-state index in [2.05, 4.69) is 13.8 Å². The van der Waals surface area contributed by atoms with E-state index in [4.69, 9.17) is 4.74 Å². The summed E-state index contributed by atoms with van der Waals surface area (Å²) < 4.78 is 32.8. The zero-order valence-electron chi connectivity index (χ0n) is 20.2. The molecule has 6 nitrogen and oxygen atoms in total. The Kier molecular flexibility index (Phi) is 6.72. The summed E-state index contributed by atoms with van der Waals surface area (Å²) >= 11 is 0. The van der Waals surface area contributed by atoms with Gasteiger partial charge < -0.3 is 14.7 Å². The van der Waals surface area contributed by atoms with E-state index in [0.717, 1.165) is 16.7 Å². The summed E-state index contributed by atoms with van der Waals surface area (Å²) in [5, 5.41) is 10.9. The van der Waals surface area contributed by atoms with Gasteiger partial charge in [0.05, 0.1) is 18.0 Å². The summed E-state index contributed by atoms with van der Waals surface area (Å²) in [5.74, 6) is -0.554. The molecule has 1 aliphatic rings. The van der Waals surface area contributed by atoms with Gasteiger partial charge in [0, 0.05) is 6.54 Å². The molecule has 0 fully saturated rings. The number of carbonyl (C=O) groups is 1. The summed E-state index contributed by atoms with van der Waals surface area (Å²) in [6.45, 7) is 6.11. The third-order valence-corrected chi connectivity index (χ3v) is 8.17. The molecule has 0 bridgehead atoms. The van der Waals surface area contributed by atoms with E-state index in [1.807, 2.05) is 37.3 Å². The second-order valence-electron chi connectivity index (χ2n) is 9.04. The molecule has 0 aromatic heterocycles. The van der Waals surface area contributed by atoms with Crippen molar-refractivity contribution in [3.63, 3.8) is 0 Å². The van der Waals surface area contributed by atoms with Crippen LogP contribution in [-0.4, -0.2) is 31.4 Å². The summed E-state index contributed by atoms with van der Waals surface area (Å²) in [6, 6.07) is 20.2. The van der Waals surface area contributed by atoms with Crippen LogP contribution in [0.5, 0.6) is 5.75 Å². The van der Waals surface area contributed by atoms with Crippen molar-refractivity contribution in [2.24, 2.45) is 0 Å². The lowest BCUT2D eigenvalue weighted by molar-refractivity contribution is -0.130. The van der Waals surface area contributed by atoms with Crippen LogP contribution < -0.4 is 4.74 Å². The average molecular weight is 492 g/mol. The van der Waals surface area contributed by atoms with Gasteiger partial charge in [-0.05, 0) is 53.8 Å². The second kappa shape index (κ2) is 9.58. The predicted octanol–water partition coefficient (Wildman–Crippen LogP) is 5.45. The Balaban J connectivity index is 1.84. The van der Waals surface area contributed by atoms with Crippen LogP contribution in [0.15, 0.2) is 88.4 Å². The maximum Gasteiger partial charge on any atom is 0.290 e. The second-order valence-corrected chi connectivity index (χ2v) is 11.0. The van der Waals surface area contributed by atoms with Gasteiger partial charge in [-0.2, -0.15) is 0 Å². The van der Waals surface area contributed by atoms with Crippen LogP contribution in [0.4, 0.5) is 0 Å². The zero-order chi connectivity index (χ0) is 25.3. The normalized spacial score (nSPS) is 16.3. The minimum Gasteiger partial charge on any atom is -0.502 e. The van der Waals surface area contributed by atoms with Crippen molar-refractivity contribution in [3.05, 3.63) is 106 Å². The molecular formula is C28H29NO5S. The number of amides is 1. The van der Waals surface area contributed by atoms with Crippen molar-refractivity contribution in [1.29, 1.82) is 0 Å². The number of benzene rings is 3. The highest BCUT2D eigenvalue weighted by Crippen LogP contribution is 2.43. The van der Waals surface area contributed by atoms with E-state index in [-0.39, 0.29) is 16.3 Å². The Morgan fingerprint density at radius 1 is 1.00 bits per heavy atom. The van der Waals surface area contributed by atoms with Gasteiger partial charge in [-0.1, -0.05) is 67.9 Å². The SMILES string of the molecule is COc1cccc(CN2C(=O)C(O)=C(S(=O)(=O)c3ccc(C)cc3)[C@H]2c2ccc(C(C)C)cc2)c1. The van der Waals surface area contributed by atoms with Gasteiger partial charge >= 0.3 is 0 Å². The highest BCUT2D eigenvalue weighted by Gasteiger charge is 2.46. The first kappa shape index (κ1) is 24.5. The number of carbonyl (C=O) groups excluding carboxylic acids is 1. The lowest BCUT2D eigenvalue weighted by Crippen LogP contribution is -2.30. The molecule has 35 heavy (non-hydrogen) atoms. The molecule has 1 heterocycles. The number of methoxy groups -OCH3 is 1. The first-order chi connectivity index (χ1) is 16.6. The number of hydrogen-bond donors (Lipinski definition) is 1. The van der Waals surface area contributed by atoms with Crippen molar-refractivity contribution in [3.8, 4) is 5.75 Å². The summed E-state index contributed by atoms with van der Waals surface area (Å²) in [5.41, 5.74) is 3.36. The summed E-state index contributed by atoms with van der Waals surface area (Å²) in [6.07, 6.45) is 0. The first-order valence-corrected chi connectivity index (χ1v) is 12.9. The Morgan fingerprint density at radius 3 is 2.26 bits per heavy atom. The van der Waals surface area contributed by atoms with Gasteiger partial charge in [0.15, 0.2) is 5.76 Å². The smallest absolute Gasteiger partial charge is 0.290 e.